The molecule has 12 heavy (non-hydrogen) atoms. The number of carbonyl (C=O) groups is 1. The van der Waals surface area contributed by atoms with E-state index in [9.17, 15) is 4.79 Å². The first kappa shape index (κ1) is 9.52. The first-order valence-corrected chi connectivity index (χ1v) is 4.50. The maximum Gasteiger partial charge on any atom is 0.323 e. The van der Waals surface area contributed by atoms with Crippen molar-refractivity contribution in [3.05, 3.63) is 0 Å². The Bertz CT molecular complexity index is 191. The van der Waals surface area contributed by atoms with E-state index in [-0.39, 0.29) is 5.92 Å². The van der Waals surface area contributed by atoms with Gasteiger partial charge in [0, 0.05) is 0 Å². The second-order valence-electron chi connectivity index (χ2n) is 4.09. The molecule has 70 valence electrons. The number of hydrogen-bond acceptors (Lipinski definition) is 2. The van der Waals surface area contributed by atoms with Crippen LogP contribution >= 0.6 is 0 Å². The molecule has 0 bridgehead atoms. The van der Waals surface area contributed by atoms with Crippen molar-refractivity contribution in [3.8, 4) is 0 Å². The van der Waals surface area contributed by atoms with Crippen LogP contribution in [0.2, 0.25) is 0 Å². The van der Waals surface area contributed by atoms with Crippen molar-refractivity contribution in [2.45, 2.75) is 38.6 Å². The lowest BCUT2D eigenvalue weighted by molar-refractivity contribution is -0.145. The maximum absolute atomic E-state index is 10.9. The third-order valence-corrected chi connectivity index (χ3v) is 2.97. The van der Waals surface area contributed by atoms with Gasteiger partial charge in [-0.2, -0.15) is 0 Å². The van der Waals surface area contributed by atoms with Crippen molar-refractivity contribution in [1.82, 2.24) is 0 Å². The van der Waals surface area contributed by atoms with Crippen LogP contribution in [0.3, 0.4) is 0 Å². The van der Waals surface area contributed by atoms with E-state index in [1.807, 2.05) is 13.8 Å². The molecule has 0 aromatic carbocycles. The molecule has 3 N–H and O–H groups in total. The lowest BCUT2D eigenvalue weighted by atomic mass is 9.80. The molecule has 3 nitrogen and oxygen atoms in total. The maximum atomic E-state index is 10.9. The molecule has 0 saturated heterocycles. The van der Waals surface area contributed by atoms with Crippen molar-refractivity contribution in [2.75, 3.05) is 0 Å². The summed E-state index contributed by atoms with van der Waals surface area (Å²) >= 11 is 0. The minimum Gasteiger partial charge on any atom is -0.480 e. The van der Waals surface area contributed by atoms with E-state index < -0.39 is 11.5 Å². The molecule has 0 unspecified atom stereocenters. The summed E-state index contributed by atoms with van der Waals surface area (Å²) in [6.07, 6.45) is 2.54. The van der Waals surface area contributed by atoms with Gasteiger partial charge in [-0.3, -0.25) is 4.79 Å². The molecular weight excluding hydrogens is 154 g/mol. The monoisotopic (exact) mass is 171 g/mol. The van der Waals surface area contributed by atoms with E-state index >= 15 is 0 Å². The fraction of sp³-hybridized carbons (Fsp3) is 0.889. The van der Waals surface area contributed by atoms with Crippen molar-refractivity contribution in [2.24, 2.45) is 17.6 Å². The smallest absolute Gasteiger partial charge is 0.323 e. The number of aliphatic carboxylic acids is 1. The van der Waals surface area contributed by atoms with E-state index in [0.29, 0.717) is 12.3 Å². The second-order valence-corrected chi connectivity index (χ2v) is 4.09. The zero-order valence-electron chi connectivity index (χ0n) is 7.71. The highest BCUT2D eigenvalue weighted by molar-refractivity contribution is 5.79. The molecule has 1 aliphatic carbocycles. The van der Waals surface area contributed by atoms with E-state index in [0.717, 1.165) is 12.8 Å². The Balaban J connectivity index is 2.81. The topological polar surface area (TPSA) is 63.3 Å². The summed E-state index contributed by atoms with van der Waals surface area (Å²) in [6, 6.07) is 0. The first-order valence-electron chi connectivity index (χ1n) is 4.50. The molecule has 1 fully saturated rings. The first-order chi connectivity index (χ1) is 5.48. The lowest BCUT2D eigenvalue weighted by Gasteiger charge is -2.29. The summed E-state index contributed by atoms with van der Waals surface area (Å²) < 4.78 is 0. The molecule has 0 aliphatic heterocycles. The standard InChI is InChI=1S/C9H17NO2/c1-6(2)7-4-3-5-9(7,10)8(11)12/h6-7H,3-5,10H2,1-2H3,(H,11,12)/t7-,9-/m0/s1. The summed E-state index contributed by atoms with van der Waals surface area (Å²) in [4.78, 5) is 10.9. The summed E-state index contributed by atoms with van der Waals surface area (Å²) in [5, 5.41) is 8.97. The van der Waals surface area contributed by atoms with Gasteiger partial charge in [-0.05, 0) is 24.7 Å². The predicted octanol–water partition coefficient (Wildman–Crippen LogP) is 1.22. The van der Waals surface area contributed by atoms with Gasteiger partial charge in [0.25, 0.3) is 0 Å². The van der Waals surface area contributed by atoms with E-state index in [1.165, 1.54) is 0 Å². The second kappa shape index (κ2) is 3.05. The zero-order valence-corrected chi connectivity index (χ0v) is 7.71. The van der Waals surface area contributed by atoms with Crippen molar-refractivity contribution in [1.29, 1.82) is 0 Å². The minimum absolute atomic E-state index is 0.148. The fourth-order valence-corrected chi connectivity index (χ4v) is 2.25. The van der Waals surface area contributed by atoms with Crippen LogP contribution in [0.25, 0.3) is 0 Å². The van der Waals surface area contributed by atoms with Gasteiger partial charge in [-0.25, -0.2) is 0 Å². The van der Waals surface area contributed by atoms with E-state index in [2.05, 4.69) is 0 Å². The molecule has 0 aromatic heterocycles. The number of rotatable bonds is 2. The Morgan fingerprint density at radius 2 is 2.25 bits per heavy atom. The highest BCUT2D eigenvalue weighted by atomic mass is 16.4. The molecule has 0 heterocycles. The molecule has 0 radical (unpaired) electrons. The van der Waals surface area contributed by atoms with Gasteiger partial charge in [0.2, 0.25) is 0 Å². The fourth-order valence-electron chi connectivity index (χ4n) is 2.25. The number of nitrogens with two attached hydrogens (primary N) is 1. The summed E-state index contributed by atoms with van der Waals surface area (Å²) in [6.45, 7) is 4.08. The molecule has 0 aromatic rings. The third kappa shape index (κ3) is 1.33. The van der Waals surface area contributed by atoms with Crippen LogP contribution in [-0.2, 0) is 4.79 Å². The Hall–Kier alpha value is -0.570. The van der Waals surface area contributed by atoms with Gasteiger partial charge in [0.1, 0.15) is 5.54 Å². The van der Waals surface area contributed by atoms with Crippen molar-refractivity contribution < 1.29 is 9.90 Å². The summed E-state index contributed by atoms with van der Waals surface area (Å²) in [5.74, 6) is -0.317. The van der Waals surface area contributed by atoms with Crippen LogP contribution in [0.4, 0.5) is 0 Å². The van der Waals surface area contributed by atoms with Crippen LogP contribution in [0, 0.1) is 11.8 Å². The van der Waals surface area contributed by atoms with Gasteiger partial charge in [0.05, 0.1) is 0 Å². The van der Waals surface area contributed by atoms with E-state index in [1.54, 1.807) is 0 Å². The van der Waals surface area contributed by atoms with E-state index in [4.69, 9.17) is 10.8 Å². The summed E-state index contributed by atoms with van der Waals surface area (Å²) in [5.41, 5.74) is 4.90. The highest BCUT2D eigenvalue weighted by Gasteiger charge is 2.46. The quantitative estimate of drug-likeness (QED) is 0.656. The van der Waals surface area contributed by atoms with Gasteiger partial charge >= 0.3 is 5.97 Å². The molecule has 0 amide bonds. The number of carboxylic acids is 1. The third-order valence-electron chi connectivity index (χ3n) is 2.97. The van der Waals surface area contributed by atoms with Crippen LogP contribution in [-0.4, -0.2) is 16.6 Å². The van der Waals surface area contributed by atoms with Gasteiger partial charge in [-0.1, -0.05) is 20.3 Å². The van der Waals surface area contributed by atoms with Gasteiger partial charge < -0.3 is 10.8 Å². The average Bonchev–Trinajstić information content (AvgIpc) is 2.32. The van der Waals surface area contributed by atoms with Crippen molar-refractivity contribution >= 4 is 5.97 Å². The van der Waals surface area contributed by atoms with Crippen LogP contribution in [0.1, 0.15) is 33.1 Å². The van der Waals surface area contributed by atoms with Gasteiger partial charge in [0.15, 0.2) is 0 Å². The normalized spacial score (nSPS) is 35.8. The highest BCUT2D eigenvalue weighted by Crippen LogP contribution is 2.38. The number of hydrogen-bond donors (Lipinski definition) is 2. The molecular formula is C9H17NO2. The Labute approximate surface area is 72.9 Å². The largest absolute Gasteiger partial charge is 0.480 e. The molecule has 2 atom stereocenters. The molecule has 1 rings (SSSR count). The van der Waals surface area contributed by atoms with Crippen LogP contribution in [0.15, 0.2) is 0 Å². The van der Waals surface area contributed by atoms with Crippen LogP contribution in [0.5, 0.6) is 0 Å². The molecule has 3 heteroatoms. The Kier molecular flexibility index (Phi) is 2.42. The minimum atomic E-state index is -0.950. The predicted molar refractivity (Wildman–Crippen MR) is 46.7 cm³/mol. The summed E-state index contributed by atoms with van der Waals surface area (Å²) in [7, 11) is 0. The van der Waals surface area contributed by atoms with Gasteiger partial charge in [-0.15, -0.1) is 0 Å². The Morgan fingerprint density at radius 3 is 2.58 bits per heavy atom. The zero-order chi connectivity index (χ0) is 9.35. The lowest BCUT2D eigenvalue weighted by Crippen LogP contribution is -2.52. The number of carboxylic acid groups (broad SMARTS) is 1. The Morgan fingerprint density at radius 1 is 1.67 bits per heavy atom. The van der Waals surface area contributed by atoms with Crippen LogP contribution < -0.4 is 5.73 Å². The molecule has 1 saturated carbocycles. The SMILES string of the molecule is CC(C)[C@@H]1CCC[C@@]1(N)C(=O)O. The average molecular weight is 171 g/mol. The molecule has 1 aliphatic rings. The molecule has 0 spiro atoms. The van der Waals surface area contributed by atoms with Crippen molar-refractivity contribution in [3.63, 3.8) is 0 Å².